The molecular formula is C13H18N2S2. The molecular weight excluding hydrogens is 248 g/mol. The van der Waals surface area contributed by atoms with Crippen molar-refractivity contribution in [2.24, 2.45) is 0 Å². The Morgan fingerprint density at radius 3 is 3.29 bits per heavy atom. The van der Waals surface area contributed by atoms with Crippen molar-refractivity contribution in [3.05, 3.63) is 29.6 Å². The molecule has 4 heteroatoms. The van der Waals surface area contributed by atoms with Crippen LogP contribution in [-0.2, 0) is 6.42 Å². The van der Waals surface area contributed by atoms with E-state index in [1.807, 2.05) is 6.20 Å². The third-order valence-corrected chi connectivity index (χ3v) is 6.28. The van der Waals surface area contributed by atoms with E-state index >= 15 is 0 Å². The topological polar surface area (TPSA) is 24.9 Å². The highest BCUT2D eigenvalue weighted by Gasteiger charge is 2.24. The van der Waals surface area contributed by atoms with Crippen LogP contribution in [0.3, 0.4) is 0 Å². The monoisotopic (exact) mass is 266 g/mol. The quantitative estimate of drug-likeness (QED) is 0.909. The summed E-state index contributed by atoms with van der Waals surface area (Å²) in [5, 5.41) is 4.50. The molecule has 0 bridgehead atoms. The van der Waals surface area contributed by atoms with Gasteiger partial charge in [-0.25, -0.2) is 0 Å². The average Bonchev–Trinajstić information content (AvgIpc) is 2.81. The molecule has 3 rings (SSSR count). The molecule has 1 N–H and O–H groups in total. The highest BCUT2D eigenvalue weighted by atomic mass is 32.2. The Labute approximate surface area is 111 Å². The Bertz CT molecular complexity index is 377. The Morgan fingerprint density at radius 1 is 1.41 bits per heavy atom. The molecule has 1 aromatic heterocycles. The van der Waals surface area contributed by atoms with Crippen molar-refractivity contribution in [2.45, 2.75) is 24.1 Å². The van der Waals surface area contributed by atoms with Gasteiger partial charge in [0.15, 0.2) is 0 Å². The van der Waals surface area contributed by atoms with Gasteiger partial charge < -0.3 is 5.32 Å². The number of nitrogens with zero attached hydrogens (tertiary/aromatic N) is 1. The van der Waals surface area contributed by atoms with Gasteiger partial charge in [-0.05, 0) is 24.5 Å². The molecule has 1 saturated heterocycles. The summed E-state index contributed by atoms with van der Waals surface area (Å²) in [4.78, 5) is 4.53. The molecule has 2 nitrogen and oxygen atoms in total. The minimum atomic E-state index is 0.499. The molecule has 2 heterocycles. The van der Waals surface area contributed by atoms with Gasteiger partial charge in [0.1, 0.15) is 0 Å². The Hall–Kier alpha value is -0.190. The molecule has 2 aliphatic rings. The van der Waals surface area contributed by atoms with Gasteiger partial charge in [-0.2, -0.15) is 23.5 Å². The van der Waals surface area contributed by atoms with Crippen molar-refractivity contribution in [1.82, 2.24) is 10.3 Å². The first-order chi connectivity index (χ1) is 8.43. The normalized spacial score (nSPS) is 28.0. The number of thioether (sulfide) groups is 2. The molecule has 2 atom stereocenters. The van der Waals surface area contributed by atoms with Crippen molar-refractivity contribution in [2.75, 3.05) is 23.8 Å². The lowest BCUT2D eigenvalue weighted by molar-refractivity contribution is 0.525. The number of fused-ring (bicyclic) bond motifs is 1. The van der Waals surface area contributed by atoms with E-state index in [-0.39, 0.29) is 0 Å². The first kappa shape index (κ1) is 11.9. The van der Waals surface area contributed by atoms with Crippen LogP contribution in [0, 0.1) is 0 Å². The van der Waals surface area contributed by atoms with E-state index < -0.39 is 0 Å². The summed E-state index contributed by atoms with van der Waals surface area (Å²) in [6.45, 7) is 1.14. The Kier molecular flexibility index (Phi) is 3.94. The maximum Gasteiger partial charge on any atom is 0.0605 e. The van der Waals surface area contributed by atoms with Crippen LogP contribution < -0.4 is 5.32 Å². The van der Waals surface area contributed by atoms with Crippen molar-refractivity contribution in [1.29, 1.82) is 0 Å². The zero-order valence-electron chi connectivity index (χ0n) is 9.89. The summed E-state index contributed by atoms with van der Waals surface area (Å²) < 4.78 is 0. The van der Waals surface area contributed by atoms with Gasteiger partial charge in [0.05, 0.1) is 11.7 Å². The van der Waals surface area contributed by atoms with Crippen LogP contribution in [0.15, 0.2) is 18.3 Å². The van der Waals surface area contributed by atoms with Crippen LogP contribution in [0.1, 0.15) is 23.7 Å². The fourth-order valence-corrected chi connectivity index (χ4v) is 5.16. The standard InChI is InChI=1S/C13H18N2S2/c1-2-10-3-4-12(13(10)14-5-1)15-8-11-9-16-6-7-17-11/h1-2,5,11-12,15H,3-4,6-9H2. The van der Waals surface area contributed by atoms with Gasteiger partial charge >= 0.3 is 0 Å². The number of nitrogens with one attached hydrogen (secondary N) is 1. The predicted molar refractivity (Wildman–Crippen MR) is 76.9 cm³/mol. The molecule has 1 aromatic rings. The van der Waals surface area contributed by atoms with Crippen molar-refractivity contribution < 1.29 is 0 Å². The Morgan fingerprint density at radius 2 is 2.41 bits per heavy atom. The lowest BCUT2D eigenvalue weighted by Crippen LogP contribution is -2.31. The summed E-state index contributed by atoms with van der Waals surface area (Å²) in [7, 11) is 0. The lowest BCUT2D eigenvalue weighted by Gasteiger charge is -2.23. The molecule has 0 radical (unpaired) electrons. The minimum Gasteiger partial charge on any atom is -0.307 e. The summed E-state index contributed by atoms with van der Waals surface area (Å²) in [6, 6.07) is 4.77. The number of aromatic nitrogens is 1. The molecule has 17 heavy (non-hydrogen) atoms. The average molecular weight is 266 g/mol. The van der Waals surface area contributed by atoms with E-state index in [0.29, 0.717) is 6.04 Å². The number of aryl methyl sites for hydroxylation is 1. The molecule has 1 fully saturated rings. The first-order valence-corrected chi connectivity index (χ1v) is 8.50. The zero-order chi connectivity index (χ0) is 11.5. The van der Waals surface area contributed by atoms with Gasteiger partial charge in [-0.15, -0.1) is 0 Å². The Balaban J connectivity index is 1.56. The zero-order valence-corrected chi connectivity index (χ0v) is 11.5. The number of pyridine rings is 1. The largest absolute Gasteiger partial charge is 0.307 e. The third-order valence-electron chi connectivity index (χ3n) is 3.44. The maximum atomic E-state index is 4.53. The molecule has 1 aliphatic carbocycles. The molecule has 0 amide bonds. The van der Waals surface area contributed by atoms with E-state index in [1.54, 1.807) is 0 Å². The number of hydrogen-bond donors (Lipinski definition) is 1. The smallest absolute Gasteiger partial charge is 0.0605 e. The van der Waals surface area contributed by atoms with Gasteiger partial charge in [0, 0.05) is 35.3 Å². The van der Waals surface area contributed by atoms with Crippen LogP contribution in [0.4, 0.5) is 0 Å². The highest BCUT2D eigenvalue weighted by Crippen LogP contribution is 2.30. The summed E-state index contributed by atoms with van der Waals surface area (Å²) >= 11 is 4.22. The lowest BCUT2D eigenvalue weighted by atomic mass is 10.2. The van der Waals surface area contributed by atoms with Gasteiger partial charge in [0.2, 0.25) is 0 Å². The van der Waals surface area contributed by atoms with Crippen LogP contribution >= 0.6 is 23.5 Å². The van der Waals surface area contributed by atoms with Crippen LogP contribution in [-0.4, -0.2) is 34.0 Å². The fraction of sp³-hybridized carbons (Fsp3) is 0.615. The van der Waals surface area contributed by atoms with Crippen LogP contribution in [0.5, 0.6) is 0 Å². The van der Waals surface area contributed by atoms with E-state index in [0.717, 1.165) is 11.8 Å². The second-order valence-corrected chi connectivity index (χ2v) is 7.17. The second kappa shape index (κ2) is 5.63. The minimum absolute atomic E-state index is 0.499. The summed E-state index contributed by atoms with van der Waals surface area (Å²) in [5.41, 5.74) is 2.73. The van der Waals surface area contributed by atoms with E-state index in [2.05, 4.69) is 46.0 Å². The van der Waals surface area contributed by atoms with Crippen molar-refractivity contribution in [3.63, 3.8) is 0 Å². The van der Waals surface area contributed by atoms with E-state index in [4.69, 9.17) is 0 Å². The molecule has 1 aliphatic heterocycles. The highest BCUT2D eigenvalue weighted by molar-refractivity contribution is 8.06. The van der Waals surface area contributed by atoms with Crippen molar-refractivity contribution in [3.8, 4) is 0 Å². The number of rotatable bonds is 3. The SMILES string of the molecule is c1cnc2c(c1)CCC2NCC1CSCCS1. The predicted octanol–water partition coefficient (Wildman–Crippen LogP) is 2.51. The molecule has 92 valence electrons. The van der Waals surface area contributed by atoms with Crippen molar-refractivity contribution >= 4 is 23.5 Å². The fourth-order valence-electron chi connectivity index (χ4n) is 2.54. The van der Waals surface area contributed by atoms with E-state index in [1.165, 1.54) is 41.4 Å². The van der Waals surface area contributed by atoms with E-state index in [9.17, 15) is 0 Å². The summed E-state index contributed by atoms with van der Waals surface area (Å²) in [6.07, 6.45) is 4.33. The third kappa shape index (κ3) is 2.80. The summed E-state index contributed by atoms with van der Waals surface area (Å²) in [5.74, 6) is 3.95. The van der Waals surface area contributed by atoms with Gasteiger partial charge in [-0.3, -0.25) is 4.98 Å². The molecule has 0 spiro atoms. The van der Waals surface area contributed by atoms with Crippen LogP contribution in [0.2, 0.25) is 0 Å². The van der Waals surface area contributed by atoms with Gasteiger partial charge in [-0.1, -0.05) is 6.07 Å². The number of hydrogen-bond acceptors (Lipinski definition) is 4. The molecule has 0 aromatic carbocycles. The van der Waals surface area contributed by atoms with Gasteiger partial charge in [0.25, 0.3) is 0 Å². The molecule has 2 unspecified atom stereocenters. The first-order valence-electron chi connectivity index (χ1n) is 6.30. The van der Waals surface area contributed by atoms with Crippen LogP contribution in [0.25, 0.3) is 0 Å². The second-order valence-electron chi connectivity index (χ2n) is 4.61. The maximum absolute atomic E-state index is 4.53. The molecule has 0 saturated carbocycles.